The van der Waals surface area contributed by atoms with Crippen LogP contribution in [0.4, 0.5) is 13.6 Å². The minimum absolute atomic E-state index is 0.345. The molecule has 0 aliphatic carbocycles. The summed E-state index contributed by atoms with van der Waals surface area (Å²) in [7, 11) is -2.44. The summed E-state index contributed by atoms with van der Waals surface area (Å²) in [6.45, 7) is 0. The van der Waals surface area contributed by atoms with Gasteiger partial charge in [-0.1, -0.05) is 12.1 Å². The van der Waals surface area contributed by atoms with Gasteiger partial charge in [-0.15, -0.1) is 0 Å². The zero-order valence-electron chi connectivity index (χ0n) is 13.9. The second-order valence-corrected chi connectivity index (χ2v) is 6.58. The molecule has 1 aromatic rings. The van der Waals surface area contributed by atoms with E-state index in [1.54, 1.807) is 0 Å². The number of aliphatic imine (C=N–C) groups is 1. The highest BCUT2D eigenvalue weighted by atomic mass is 32.2. The number of halogens is 2. The molecule has 1 aliphatic heterocycles. The van der Waals surface area contributed by atoms with E-state index in [4.69, 9.17) is 0 Å². The number of carbonyl (C=O) groups is 2. The number of hydrogen-bond donors (Lipinski definition) is 3. The van der Waals surface area contributed by atoms with Crippen LogP contribution in [0.5, 0.6) is 0 Å². The van der Waals surface area contributed by atoms with Gasteiger partial charge in [0.05, 0.1) is 19.8 Å². The molecule has 0 spiro atoms. The molecule has 0 bridgehead atoms. The molecule has 1 unspecified atom stereocenters. The van der Waals surface area contributed by atoms with Crippen molar-refractivity contribution in [2.24, 2.45) is 4.99 Å². The van der Waals surface area contributed by atoms with Gasteiger partial charge in [0.25, 0.3) is 16.0 Å². The molecule has 1 heterocycles. The molecule has 10 nitrogen and oxygen atoms in total. The molecule has 13 heteroatoms. The number of benzene rings is 1. The summed E-state index contributed by atoms with van der Waals surface area (Å²) in [6.07, 6.45) is 0.754. The molecule has 0 fully saturated rings. The number of rotatable bonds is 5. The molecule has 0 radical (unpaired) electrons. The smallest absolute Gasteiger partial charge is 0.365 e. The van der Waals surface area contributed by atoms with Crippen LogP contribution >= 0.6 is 0 Å². The Bertz CT molecular complexity index is 933. The summed E-state index contributed by atoms with van der Waals surface area (Å²) < 4.78 is 63.0. The quantitative estimate of drug-likeness (QED) is 0.480. The van der Waals surface area contributed by atoms with Crippen molar-refractivity contribution in [3.05, 3.63) is 41.8 Å². The summed E-state index contributed by atoms with van der Waals surface area (Å²) in [5.74, 6) is -2.75. The first-order chi connectivity index (χ1) is 12.6. The fourth-order valence-corrected chi connectivity index (χ4v) is 3.09. The van der Waals surface area contributed by atoms with Crippen LogP contribution in [0, 0.1) is 0 Å². The summed E-state index contributed by atoms with van der Waals surface area (Å²) in [4.78, 5) is 25.9. The van der Waals surface area contributed by atoms with Gasteiger partial charge in [-0.2, -0.15) is 13.8 Å². The van der Waals surface area contributed by atoms with Crippen LogP contribution in [0.3, 0.4) is 0 Å². The van der Waals surface area contributed by atoms with Crippen LogP contribution in [0.15, 0.2) is 46.1 Å². The van der Waals surface area contributed by atoms with Gasteiger partial charge in [0.1, 0.15) is 4.90 Å². The Morgan fingerprint density at radius 2 is 1.93 bits per heavy atom. The number of urea groups is 1. The Labute approximate surface area is 152 Å². The molecule has 2 amide bonds. The normalized spacial score (nSPS) is 19.1. The van der Waals surface area contributed by atoms with Crippen molar-refractivity contribution >= 4 is 28.0 Å². The first-order valence-electron chi connectivity index (χ1n) is 7.10. The van der Waals surface area contributed by atoms with Gasteiger partial charge < -0.3 is 14.8 Å². The molecule has 1 aliphatic rings. The van der Waals surface area contributed by atoms with Crippen LogP contribution in [0.1, 0.15) is 10.4 Å². The summed E-state index contributed by atoms with van der Waals surface area (Å²) in [5.41, 5.74) is -0.345. The molecule has 0 saturated carbocycles. The lowest BCUT2D eigenvalue weighted by molar-refractivity contribution is 0.0596. The van der Waals surface area contributed by atoms with E-state index < -0.39 is 44.7 Å². The SMILES string of the molecule is COC(=O)c1ccccc1S(=O)(=O)NC(=O)NC1(F)N=C(F)C(OC)=CN1. The van der Waals surface area contributed by atoms with Crippen molar-refractivity contribution in [1.29, 1.82) is 0 Å². The first kappa shape index (κ1) is 20.1. The third-order valence-electron chi connectivity index (χ3n) is 3.16. The first-order valence-corrected chi connectivity index (χ1v) is 8.59. The average Bonchev–Trinajstić information content (AvgIpc) is 2.60. The maximum atomic E-state index is 14.3. The molecule has 0 aromatic heterocycles. The van der Waals surface area contributed by atoms with Crippen LogP contribution in [0.2, 0.25) is 0 Å². The summed E-state index contributed by atoms with van der Waals surface area (Å²) in [6, 6.07) is 0.148. The predicted molar refractivity (Wildman–Crippen MR) is 87.2 cm³/mol. The molecular formula is C14H14F2N4O6S. The van der Waals surface area contributed by atoms with Gasteiger partial charge >= 0.3 is 18.0 Å². The van der Waals surface area contributed by atoms with E-state index in [0.717, 1.165) is 32.6 Å². The largest absolute Gasteiger partial charge is 0.491 e. The van der Waals surface area contributed by atoms with E-state index in [1.807, 2.05) is 5.32 Å². The summed E-state index contributed by atoms with van der Waals surface area (Å²) >= 11 is 0. The number of nitrogens with zero attached hydrogens (tertiary/aromatic N) is 1. The Morgan fingerprint density at radius 1 is 1.26 bits per heavy atom. The van der Waals surface area contributed by atoms with E-state index in [-0.39, 0.29) is 5.56 Å². The molecule has 27 heavy (non-hydrogen) atoms. The lowest BCUT2D eigenvalue weighted by Gasteiger charge is -2.25. The highest BCUT2D eigenvalue weighted by molar-refractivity contribution is 7.90. The number of alkyl halides is 1. The highest BCUT2D eigenvalue weighted by Crippen LogP contribution is 2.18. The van der Waals surface area contributed by atoms with E-state index in [9.17, 15) is 26.8 Å². The minimum atomic E-state index is -4.59. The van der Waals surface area contributed by atoms with Crippen LogP contribution < -0.4 is 15.4 Å². The number of hydrogen-bond acceptors (Lipinski definition) is 8. The van der Waals surface area contributed by atoms with Gasteiger partial charge in [-0.25, -0.2) is 22.7 Å². The highest BCUT2D eigenvalue weighted by Gasteiger charge is 2.36. The lowest BCUT2D eigenvalue weighted by atomic mass is 10.2. The Kier molecular flexibility index (Phi) is 5.64. The van der Waals surface area contributed by atoms with E-state index in [1.165, 1.54) is 22.2 Å². The molecule has 146 valence electrons. The average molecular weight is 404 g/mol. The van der Waals surface area contributed by atoms with Crippen LogP contribution in [0.25, 0.3) is 0 Å². The zero-order chi connectivity index (χ0) is 20.2. The van der Waals surface area contributed by atoms with Crippen molar-refractivity contribution in [2.45, 2.75) is 10.9 Å². The van der Waals surface area contributed by atoms with Crippen molar-refractivity contribution in [2.75, 3.05) is 14.2 Å². The molecular weight excluding hydrogens is 390 g/mol. The van der Waals surface area contributed by atoms with Crippen molar-refractivity contribution in [3.63, 3.8) is 0 Å². The number of esters is 1. The third kappa shape index (κ3) is 4.49. The lowest BCUT2D eigenvalue weighted by Crippen LogP contribution is -2.57. The Morgan fingerprint density at radius 3 is 2.52 bits per heavy atom. The molecule has 0 saturated heterocycles. The number of carbonyl (C=O) groups excluding carboxylic acids is 2. The van der Waals surface area contributed by atoms with Crippen LogP contribution in [-0.2, 0) is 19.5 Å². The van der Waals surface area contributed by atoms with Crippen molar-refractivity contribution in [1.82, 2.24) is 15.4 Å². The number of amides is 2. The van der Waals surface area contributed by atoms with Gasteiger partial charge in [-0.05, 0) is 12.1 Å². The molecule has 3 N–H and O–H groups in total. The van der Waals surface area contributed by atoms with E-state index >= 15 is 0 Å². The molecule has 1 atom stereocenters. The van der Waals surface area contributed by atoms with Gasteiger partial charge in [0.2, 0.25) is 0 Å². The monoisotopic (exact) mass is 404 g/mol. The number of ether oxygens (including phenoxy) is 2. The number of methoxy groups -OCH3 is 2. The van der Waals surface area contributed by atoms with Gasteiger partial charge in [0, 0.05) is 6.20 Å². The minimum Gasteiger partial charge on any atom is -0.491 e. The topological polar surface area (TPSA) is 135 Å². The van der Waals surface area contributed by atoms with Gasteiger partial charge in [0.15, 0.2) is 5.76 Å². The zero-order valence-corrected chi connectivity index (χ0v) is 14.8. The molecule has 1 aromatic carbocycles. The number of sulfonamides is 1. The Hall–Kier alpha value is -3.22. The van der Waals surface area contributed by atoms with E-state index in [2.05, 4.69) is 14.5 Å². The standard InChI is InChI=1S/C14H14F2N4O6S/c1-25-9-7-17-14(16,18-11(9)15)19-13(22)20-27(23,24)10-6-4-3-5-8(10)12(21)26-2/h3-7,17H,1-2H3,(H2,19,20,22). The van der Waals surface area contributed by atoms with Crippen molar-refractivity contribution < 1.29 is 36.3 Å². The van der Waals surface area contributed by atoms with E-state index in [0.29, 0.717) is 0 Å². The maximum Gasteiger partial charge on any atom is 0.365 e. The second kappa shape index (κ2) is 7.57. The fourth-order valence-electron chi connectivity index (χ4n) is 1.98. The summed E-state index contributed by atoms with van der Waals surface area (Å²) in [5, 5.41) is 3.41. The van der Waals surface area contributed by atoms with Gasteiger partial charge in [-0.3, -0.25) is 5.32 Å². The Balaban J connectivity index is 2.19. The fraction of sp³-hybridized carbons (Fsp3) is 0.214. The number of allylic oxidation sites excluding steroid dienone is 1. The predicted octanol–water partition coefficient (Wildman–Crippen LogP) is 0.501. The van der Waals surface area contributed by atoms with Crippen LogP contribution in [-0.4, -0.2) is 46.6 Å². The second-order valence-electron chi connectivity index (χ2n) is 4.93. The van der Waals surface area contributed by atoms with Crippen molar-refractivity contribution in [3.8, 4) is 0 Å². The number of nitrogens with one attached hydrogen (secondary N) is 3. The third-order valence-corrected chi connectivity index (χ3v) is 4.55. The maximum absolute atomic E-state index is 14.3. The molecule has 2 rings (SSSR count).